The fraction of sp³-hybridized carbons (Fsp3) is 0.353. The number of rotatable bonds is 11. The molecule has 1 atom stereocenters. The van der Waals surface area contributed by atoms with Crippen molar-refractivity contribution < 1.29 is 19.2 Å². The van der Waals surface area contributed by atoms with Crippen LogP contribution in [0.25, 0.3) is 0 Å². The third-order valence-corrected chi connectivity index (χ3v) is 8.82. The van der Waals surface area contributed by atoms with E-state index in [0.717, 1.165) is 37.7 Å². The molecule has 0 bridgehead atoms. The van der Waals surface area contributed by atoms with Gasteiger partial charge in [0.1, 0.15) is 6.04 Å². The summed E-state index contributed by atoms with van der Waals surface area (Å²) < 4.78 is 0. The lowest BCUT2D eigenvalue weighted by molar-refractivity contribution is -0.141. The molecule has 1 saturated carbocycles. The first-order chi connectivity index (χ1) is 20.8. The molecule has 0 unspecified atom stereocenters. The predicted molar refractivity (Wildman–Crippen MR) is 167 cm³/mol. The number of amides is 4. The Balaban J connectivity index is 1.37. The van der Waals surface area contributed by atoms with Gasteiger partial charge in [-0.2, -0.15) is 0 Å². The van der Waals surface area contributed by atoms with Crippen molar-refractivity contribution in [3.8, 4) is 0 Å². The topological polar surface area (TPSA) is 86.8 Å². The highest BCUT2D eigenvalue weighted by atomic mass is 35.5. The first-order valence-corrected chi connectivity index (χ1v) is 15.6. The number of hydrogen-bond acceptors (Lipinski definition) is 4. The smallest absolute Gasteiger partial charge is 0.261 e. The maximum atomic E-state index is 14.0. The summed E-state index contributed by atoms with van der Waals surface area (Å²) in [6, 6.07) is 20.7. The summed E-state index contributed by atoms with van der Waals surface area (Å²) in [5.41, 5.74) is 2.35. The van der Waals surface area contributed by atoms with Gasteiger partial charge >= 0.3 is 0 Å². The maximum absolute atomic E-state index is 14.0. The Morgan fingerprint density at radius 3 is 2.19 bits per heavy atom. The van der Waals surface area contributed by atoms with Gasteiger partial charge in [-0.05, 0) is 54.7 Å². The van der Waals surface area contributed by atoms with Crippen LogP contribution in [0.5, 0.6) is 0 Å². The normalized spacial score (nSPS) is 15.7. The Kier molecular flexibility index (Phi) is 10.2. The Morgan fingerprint density at radius 1 is 0.884 bits per heavy atom. The molecule has 7 nitrogen and oxygen atoms in total. The molecule has 3 aromatic carbocycles. The van der Waals surface area contributed by atoms with Gasteiger partial charge in [0.05, 0.1) is 11.1 Å². The molecule has 9 heteroatoms. The van der Waals surface area contributed by atoms with E-state index in [1.165, 1.54) is 4.90 Å². The molecule has 1 aliphatic heterocycles. The van der Waals surface area contributed by atoms with Crippen molar-refractivity contribution in [3.05, 3.63) is 105 Å². The second kappa shape index (κ2) is 14.2. The number of nitrogens with zero attached hydrogens (tertiary/aromatic N) is 2. The summed E-state index contributed by atoms with van der Waals surface area (Å²) in [7, 11) is 0. The van der Waals surface area contributed by atoms with E-state index in [-0.39, 0.29) is 55.6 Å². The largest absolute Gasteiger partial charge is 0.352 e. The van der Waals surface area contributed by atoms with Crippen molar-refractivity contribution in [2.45, 2.75) is 70.0 Å². The van der Waals surface area contributed by atoms with Crippen molar-refractivity contribution in [3.63, 3.8) is 0 Å². The van der Waals surface area contributed by atoms with Gasteiger partial charge in [-0.3, -0.25) is 24.1 Å². The fourth-order valence-corrected chi connectivity index (χ4v) is 6.37. The van der Waals surface area contributed by atoms with Crippen LogP contribution in [0.3, 0.4) is 0 Å². The molecular weight excluding hydrogens is 585 g/mol. The van der Waals surface area contributed by atoms with Crippen molar-refractivity contribution in [1.29, 1.82) is 0 Å². The van der Waals surface area contributed by atoms with Gasteiger partial charge in [0, 0.05) is 42.0 Å². The molecule has 224 valence electrons. The molecule has 1 heterocycles. The molecule has 5 rings (SSSR count). The molecule has 3 aromatic rings. The molecule has 43 heavy (non-hydrogen) atoms. The van der Waals surface area contributed by atoms with Crippen LogP contribution in [0, 0.1) is 0 Å². The van der Waals surface area contributed by atoms with E-state index < -0.39 is 6.04 Å². The highest BCUT2D eigenvalue weighted by Gasteiger charge is 2.36. The van der Waals surface area contributed by atoms with Crippen molar-refractivity contribution in [1.82, 2.24) is 15.1 Å². The lowest BCUT2D eigenvalue weighted by Crippen LogP contribution is -2.53. The van der Waals surface area contributed by atoms with Crippen LogP contribution in [-0.4, -0.2) is 52.1 Å². The van der Waals surface area contributed by atoms with Crippen LogP contribution in [0.4, 0.5) is 0 Å². The minimum absolute atomic E-state index is 0.0423. The van der Waals surface area contributed by atoms with Gasteiger partial charge in [-0.25, -0.2) is 0 Å². The molecule has 0 aromatic heterocycles. The second-order valence-electron chi connectivity index (χ2n) is 11.2. The molecule has 0 radical (unpaired) electrons. The van der Waals surface area contributed by atoms with Crippen molar-refractivity contribution >= 4 is 46.8 Å². The summed E-state index contributed by atoms with van der Waals surface area (Å²) in [6.07, 6.45) is 5.76. The third kappa shape index (κ3) is 7.46. The van der Waals surface area contributed by atoms with E-state index in [4.69, 9.17) is 23.2 Å². The number of imide groups is 1. The molecule has 2 aliphatic rings. The number of fused-ring (bicyclic) bond motifs is 1. The summed E-state index contributed by atoms with van der Waals surface area (Å²) in [6.45, 7) is 0.211. The summed E-state index contributed by atoms with van der Waals surface area (Å²) in [4.78, 5) is 56.4. The van der Waals surface area contributed by atoms with Gasteiger partial charge in [-0.1, -0.05) is 91.0 Å². The van der Waals surface area contributed by atoms with Crippen LogP contribution < -0.4 is 5.32 Å². The van der Waals surface area contributed by atoms with E-state index >= 15 is 0 Å². The number of carbonyl (C=O) groups is 4. The Morgan fingerprint density at radius 2 is 1.53 bits per heavy atom. The lowest BCUT2D eigenvalue weighted by atomic mass is 9.94. The predicted octanol–water partition coefficient (Wildman–Crippen LogP) is 6.46. The number of hydrogen-bond donors (Lipinski definition) is 1. The van der Waals surface area contributed by atoms with Gasteiger partial charge < -0.3 is 10.2 Å². The average Bonchev–Trinajstić information content (AvgIpc) is 3.25. The number of nitrogens with one attached hydrogen (secondary N) is 1. The van der Waals surface area contributed by atoms with Crippen LogP contribution in [0.15, 0.2) is 72.8 Å². The first kappa shape index (κ1) is 30.8. The van der Waals surface area contributed by atoms with Crippen molar-refractivity contribution in [2.75, 3.05) is 6.54 Å². The number of halogens is 2. The van der Waals surface area contributed by atoms with Crippen LogP contribution in [0.1, 0.15) is 76.8 Å². The number of carbonyl (C=O) groups excluding carboxylic acids is 4. The summed E-state index contributed by atoms with van der Waals surface area (Å²) in [5.74, 6) is -1.17. The average molecular weight is 621 g/mol. The molecule has 1 N–H and O–H groups in total. The summed E-state index contributed by atoms with van der Waals surface area (Å²) >= 11 is 12.7. The van der Waals surface area contributed by atoms with Crippen molar-refractivity contribution in [2.24, 2.45) is 0 Å². The lowest BCUT2D eigenvalue weighted by Gasteiger charge is -2.34. The quantitative estimate of drug-likeness (QED) is 0.250. The van der Waals surface area contributed by atoms with E-state index in [1.54, 1.807) is 47.4 Å². The molecule has 4 amide bonds. The van der Waals surface area contributed by atoms with Gasteiger partial charge in [0.2, 0.25) is 11.8 Å². The van der Waals surface area contributed by atoms with E-state index in [9.17, 15) is 19.2 Å². The maximum Gasteiger partial charge on any atom is 0.261 e. The second-order valence-corrected chi connectivity index (χ2v) is 12.1. The Hall–Kier alpha value is -3.68. The first-order valence-electron chi connectivity index (χ1n) is 14.8. The van der Waals surface area contributed by atoms with E-state index in [2.05, 4.69) is 5.32 Å². The van der Waals surface area contributed by atoms with Gasteiger partial charge in [0.15, 0.2) is 0 Å². The zero-order valence-electron chi connectivity index (χ0n) is 23.9. The van der Waals surface area contributed by atoms with Gasteiger partial charge in [-0.15, -0.1) is 0 Å². The summed E-state index contributed by atoms with van der Waals surface area (Å²) in [5, 5.41) is 4.10. The molecule has 0 saturated heterocycles. The van der Waals surface area contributed by atoms with Crippen LogP contribution in [-0.2, 0) is 22.6 Å². The molecule has 1 aliphatic carbocycles. The standard InChI is InChI=1S/C34H35Cl2N3O4/c35-25-18-17-24(29(36)21-25)22-39(31(40)16-9-19-38-33(42)27-14-7-8-15-28(27)34(38)43)30(20-23-10-3-1-4-11-23)32(41)37-26-12-5-2-6-13-26/h1,3-4,7-8,10-11,14-15,17-18,21,26,30H,2,5-6,9,12-13,16,19-20,22H2,(H,37,41)/t30-/m1/s1. The Bertz CT molecular complexity index is 1450. The third-order valence-electron chi connectivity index (χ3n) is 8.23. The Labute approximate surface area is 262 Å². The van der Waals surface area contributed by atoms with Crippen LogP contribution in [0.2, 0.25) is 10.0 Å². The molecular formula is C34H35Cl2N3O4. The highest BCUT2D eigenvalue weighted by Crippen LogP contribution is 2.26. The fourth-order valence-electron chi connectivity index (χ4n) is 5.91. The minimum Gasteiger partial charge on any atom is -0.352 e. The van der Waals surface area contributed by atoms with Crippen LogP contribution >= 0.6 is 23.2 Å². The van der Waals surface area contributed by atoms with E-state index in [0.29, 0.717) is 33.2 Å². The molecule has 0 spiro atoms. The monoisotopic (exact) mass is 619 g/mol. The zero-order chi connectivity index (χ0) is 30.3. The van der Waals surface area contributed by atoms with Gasteiger partial charge in [0.25, 0.3) is 11.8 Å². The highest BCUT2D eigenvalue weighted by molar-refractivity contribution is 6.35. The number of benzene rings is 3. The SMILES string of the molecule is O=C(NC1CCCCC1)[C@@H](Cc1ccccc1)N(Cc1ccc(Cl)cc1Cl)C(=O)CCCN1C(=O)c2ccccc2C1=O. The molecule has 1 fully saturated rings. The van der Waals surface area contributed by atoms with E-state index in [1.807, 2.05) is 30.3 Å². The zero-order valence-corrected chi connectivity index (χ0v) is 25.4. The minimum atomic E-state index is -0.789.